The number of amides is 2. The Labute approximate surface area is 144 Å². The lowest BCUT2D eigenvalue weighted by molar-refractivity contribution is -0.146. The molecule has 0 saturated carbocycles. The lowest BCUT2D eigenvalue weighted by atomic mass is 10.1. The molecule has 3 N–H and O–H groups in total. The molecule has 2 rings (SSSR count). The van der Waals surface area contributed by atoms with Crippen LogP contribution in [-0.4, -0.2) is 29.5 Å². The van der Waals surface area contributed by atoms with E-state index in [4.69, 9.17) is 4.74 Å². The number of carbonyl (C=O) groups is 3. The summed E-state index contributed by atoms with van der Waals surface area (Å²) in [4.78, 5) is 34.6. The number of phenols is 1. The molecule has 0 aromatic heterocycles. The van der Waals surface area contributed by atoms with Gasteiger partial charge in [-0.05, 0) is 35.9 Å². The summed E-state index contributed by atoms with van der Waals surface area (Å²) in [7, 11) is 0. The van der Waals surface area contributed by atoms with Gasteiger partial charge < -0.3 is 20.5 Å². The number of anilines is 2. The van der Waals surface area contributed by atoms with Gasteiger partial charge in [-0.15, -0.1) is 0 Å². The molecular formula is C18H18N2O5. The van der Waals surface area contributed by atoms with Crippen molar-refractivity contribution >= 4 is 29.2 Å². The molecule has 0 bridgehead atoms. The largest absolute Gasteiger partial charge is 0.508 e. The fraction of sp³-hybridized carbons (Fsp3) is 0.167. The van der Waals surface area contributed by atoms with Crippen molar-refractivity contribution in [1.29, 1.82) is 0 Å². The number of ether oxygens (including phenoxy) is 1. The van der Waals surface area contributed by atoms with Crippen LogP contribution in [0.5, 0.6) is 5.75 Å². The van der Waals surface area contributed by atoms with Crippen molar-refractivity contribution in [2.75, 3.05) is 17.2 Å². The zero-order chi connectivity index (χ0) is 18.2. The van der Waals surface area contributed by atoms with Crippen LogP contribution in [0.2, 0.25) is 0 Å². The van der Waals surface area contributed by atoms with Crippen LogP contribution in [0.3, 0.4) is 0 Å². The molecule has 2 aromatic rings. The van der Waals surface area contributed by atoms with Gasteiger partial charge >= 0.3 is 5.97 Å². The first-order valence-corrected chi connectivity index (χ1v) is 7.53. The maximum atomic E-state index is 11.8. The Balaban J connectivity index is 1.81. The SMILES string of the molecule is CC(=O)Nc1cccc(NC(=O)COC(=O)Cc2ccc(O)cc2)c1. The number of hydrogen-bond acceptors (Lipinski definition) is 5. The Morgan fingerprint density at radius 2 is 1.64 bits per heavy atom. The summed E-state index contributed by atoms with van der Waals surface area (Å²) in [5, 5.41) is 14.4. The summed E-state index contributed by atoms with van der Waals surface area (Å²) in [6.07, 6.45) is 0.00553. The molecule has 0 heterocycles. The van der Waals surface area contributed by atoms with E-state index in [1.165, 1.54) is 19.1 Å². The average Bonchev–Trinajstić information content (AvgIpc) is 2.55. The highest BCUT2D eigenvalue weighted by atomic mass is 16.5. The highest BCUT2D eigenvalue weighted by molar-refractivity contribution is 5.94. The predicted octanol–water partition coefficient (Wildman–Crippen LogP) is 2.07. The molecule has 0 unspecified atom stereocenters. The highest BCUT2D eigenvalue weighted by Gasteiger charge is 2.09. The second-order valence-corrected chi connectivity index (χ2v) is 5.31. The Kier molecular flexibility index (Phi) is 6.11. The molecular weight excluding hydrogens is 324 g/mol. The first-order chi connectivity index (χ1) is 11.9. The minimum Gasteiger partial charge on any atom is -0.508 e. The Hall–Kier alpha value is -3.35. The normalized spacial score (nSPS) is 9.96. The minimum absolute atomic E-state index is 0.00553. The number of rotatable bonds is 6. The lowest BCUT2D eigenvalue weighted by Crippen LogP contribution is -2.21. The van der Waals surface area contributed by atoms with Crippen LogP contribution in [-0.2, 0) is 25.5 Å². The molecule has 2 amide bonds. The number of nitrogens with one attached hydrogen (secondary N) is 2. The monoisotopic (exact) mass is 342 g/mol. The summed E-state index contributed by atoms with van der Waals surface area (Å²) in [6, 6.07) is 12.8. The average molecular weight is 342 g/mol. The van der Waals surface area contributed by atoms with Crippen LogP contribution in [0.1, 0.15) is 12.5 Å². The Morgan fingerprint density at radius 3 is 2.28 bits per heavy atom. The molecule has 0 aliphatic carbocycles. The Bertz CT molecular complexity index is 771. The fourth-order valence-electron chi connectivity index (χ4n) is 2.05. The number of hydrogen-bond donors (Lipinski definition) is 3. The van der Waals surface area contributed by atoms with Crippen LogP contribution >= 0.6 is 0 Å². The molecule has 0 atom stereocenters. The van der Waals surface area contributed by atoms with Crippen LogP contribution in [0.25, 0.3) is 0 Å². The van der Waals surface area contributed by atoms with E-state index in [9.17, 15) is 19.5 Å². The zero-order valence-electron chi connectivity index (χ0n) is 13.6. The van der Waals surface area contributed by atoms with Crippen molar-refractivity contribution in [3.8, 4) is 5.75 Å². The first kappa shape index (κ1) is 18.0. The van der Waals surface area contributed by atoms with Gasteiger partial charge in [-0.3, -0.25) is 14.4 Å². The van der Waals surface area contributed by atoms with Gasteiger partial charge in [-0.25, -0.2) is 0 Å². The zero-order valence-corrected chi connectivity index (χ0v) is 13.6. The van der Waals surface area contributed by atoms with Gasteiger partial charge in [-0.2, -0.15) is 0 Å². The van der Waals surface area contributed by atoms with Crippen molar-refractivity contribution in [2.45, 2.75) is 13.3 Å². The Morgan fingerprint density at radius 1 is 1.00 bits per heavy atom. The topological polar surface area (TPSA) is 105 Å². The van der Waals surface area contributed by atoms with Gasteiger partial charge in [-0.1, -0.05) is 18.2 Å². The summed E-state index contributed by atoms with van der Waals surface area (Å²) in [5.74, 6) is -1.14. The number of esters is 1. The summed E-state index contributed by atoms with van der Waals surface area (Å²) in [5.41, 5.74) is 1.70. The molecule has 25 heavy (non-hydrogen) atoms. The molecule has 0 aliphatic rings. The highest BCUT2D eigenvalue weighted by Crippen LogP contribution is 2.15. The van der Waals surface area contributed by atoms with E-state index in [1.54, 1.807) is 36.4 Å². The van der Waals surface area contributed by atoms with Crippen LogP contribution < -0.4 is 10.6 Å². The summed E-state index contributed by atoms with van der Waals surface area (Å²) < 4.78 is 4.92. The molecule has 2 aromatic carbocycles. The van der Waals surface area contributed by atoms with Gasteiger partial charge in [0.25, 0.3) is 5.91 Å². The molecule has 0 fully saturated rings. The van der Waals surface area contributed by atoms with E-state index < -0.39 is 18.5 Å². The van der Waals surface area contributed by atoms with Crippen molar-refractivity contribution in [3.05, 3.63) is 54.1 Å². The van der Waals surface area contributed by atoms with E-state index in [0.717, 1.165) is 0 Å². The van der Waals surface area contributed by atoms with E-state index in [1.807, 2.05) is 0 Å². The maximum Gasteiger partial charge on any atom is 0.310 e. The van der Waals surface area contributed by atoms with Crippen molar-refractivity contribution in [1.82, 2.24) is 0 Å². The number of phenolic OH excluding ortho intramolecular Hbond substituents is 1. The van der Waals surface area contributed by atoms with Gasteiger partial charge in [0.2, 0.25) is 5.91 Å². The van der Waals surface area contributed by atoms with Crippen LogP contribution in [0, 0.1) is 0 Å². The second-order valence-electron chi connectivity index (χ2n) is 5.31. The number of aromatic hydroxyl groups is 1. The fourth-order valence-corrected chi connectivity index (χ4v) is 2.05. The summed E-state index contributed by atoms with van der Waals surface area (Å²) in [6.45, 7) is 0.972. The molecule has 7 heteroatoms. The standard InChI is InChI=1S/C18H18N2O5/c1-12(21)19-14-3-2-4-15(10-14)20-17(23)11-25-18(24)9-13-5-7-16(22)8-6-13/h2-8,10,22H,9,11H2,1H3,(H,19,21)(H,20,23). The first-order valence-electron chi connectivity index (χ1n) is 7.53. The van der Waals surface area contributed by atoms with E-state index >= 15 is 0 Å². The maximum absolute atomic E-state index is 11.8. The van der Waals surface area contributed by atoms with Crippen LogP contribution in [0.15, 0.2) is 48.5 Å². The third-order valence-corrected chi connectivity index (χ3v) is 3.12. The van der Waals surface area contributed by atoms with Crippen molar-refractivity contribution in [2.24, 2.45) is 0 Å². The lowest BCUT2D eigenvalue weighted by Gasteiger charge is -2.08. The quantitative estimate of drug-likeness (QED) is 0.697. The smallest absolute Gasteiger partial charge is 0.310 e. The van der Waals surface area contributed by atoms with Gasteiger partial charge in [0, 0.05) is 18.3 Å². The number of benzene rings is 2. The number of carbonyl (C=O) groups excluding carboxylic acids is 3. The van der Waals surface area contributed by atoms with E-state index in [2.05, 4.69) is 10.6 Å². The predicted molar refractivity (Wildman–Crippen MR) is 92.1 cm³/mol. The van der Waals surface area contributed by atoms with Gasteiger partial charge in [0.05, 0.1) is 6.42 Å². The van der Waals surface area contributed by atoms with Crippen molar-refractivity contribution < 1.29 is 24.2 Å². The van der Waals surface area contributed by atoms with Crippen molar-refractivity contribution in [3.63, 3.8) is 0 Å². The van der Waals surface area contributed by atoms with E-state index in [-0.39, 0.29) is 18.1 Å². The molecule has 7 nitrogen and oxygen atoms in total. The third kappa shape index (κ3) is 6.34. The van der Waals surface area contributed by atoms with E-state index in [0.29, 0.717) is 16.9 Å². The summed E-state index contributed by atoms with van der Waals surface area (Å²) >= 11 is 0. The molecule has 0 aliphatic heterocycles. The minimum atomic E-state index is -0.548. The molecule has 0 saturated heterocycles. The van der Waals surface area contributed by atoms with Gasteiger partial charge in [0.1, 0.15) is 5.75 Å². The molecule has 0 spiro atoms. The second kappa shape index (κ2) is 8.49. The van der Waals surface area contributed by atoms with Gasteiger partial charge in [0.15, 0.2) is 6.61 Å². The molecule has 130 valence electrons. The third-order valence-electron chi connectivity index (χ3n) is 3.12. The van der Waals surface area contributed by atoms with Crippen LogP contribution in [0.4, 0.5) is 11.4 Å². The molecule has 0 radical (unpaired) electrons.